The van der Waals surface area contributed by atoms with Crippen LogP contribution in [0.3, 0.4) is 0 Å². The van der Waals surface area contributed by atoms with Gasteiger partial charge in [0, 0.05) is 38.3 Å². The van der Waals surface area contributed by atoms with Crippen molar-refractivity contribution in [1.82, 2.24) is 20.0 Å². The van der Waals surface area contributed by atoms with Crippen molar-refractivity contribution in [3.05, 3.63) is 47.3 Å². The van der Waals surface area contributed by atoms with Crippen molar-refractivity contribution in [2.24, 2.45) is 7.05 Å². The normalized spacial score (nSPS) is 16.2. The van der Waals surface area contributed by atoms with E-state index in [0.717, 1.165) is 30.6 Å². The van der Waals surface area contributed by atoms with Crippen LogP contribution in [0, 0.1) is 0 Å². The maximum atomic E-state index is 12.4. The van der Waals surface area contributed by atoms with E-state index in [4.69, 9.17) is 4.74 Å². The molecule has 0 aliphatic heterocycles. The van der Waals surface area contributed by atoms with Gasteiger partial charge in [-0.2, -0.15) is 5.10 Å². The Morgan fingerprint density at radius 3 is 3.04 bits per heavy atom. The Hall–Kier alpha value is -2.50. The van der Waals surface area contributed by atoms with E-state index in [9.17, 15) is 4.79 Å². The Labute approximate surface area is 148 Å². The number of hydrogen-bond acceptors (Lipinski definition) is 3. The standard InChI is InChI=1S/C19H26N4O2/c1-22(12-14-10-21-23(2)13-14)19(24)20-11-16-6-4-5-15-9-17(25-3)7-8-18(15)16/h7-10,13,16H,4-6,11-12H2,1-3H3,(H,20,24). The summed E-state index contributed by atoms with van der Waals surface area (Å²) in [6, 6.07) is 6.22. The van der Waals surface area contributed by atoms with Crippen LogP contribution in [0.2, 0.25) is 0 Å². The molecule has 1 aromatic heterocycles. The molecule has 3 rings (SSSR count). The molecule has 6 heteroatoms. The molecule has 0 radical (unpaired) electrons. The van der Waals surface area contributed by atoms with Crippen molar-refractivity contribution in [3.63, 3.8) is 0 Å². The quantitative estimate of drug-likeness (QED) is 0.909. The maximum absolute atomic E-state index is 12.4. The zero-order valence-corrected chi connectivity index (χ0v) is 15.2. The number of aryl methyl sites for hydroxylation is 2. The molecule has 0 saturated carbocycles. The van der Waals surface area contributed by atoms with Gasteiger partial charge >= 0.3 is 6.03 Å². The fraction of sp³-hybridized carbons (Fsp3) is 0.474. The van der Waals surface area contributed by atoms with E-state index >= 15 is 0 Å². The number of rotatable bonds is 5. The summed E-state index contributed by atoms with van der Waals surface area (Å²) in [7, 11) is 5.38. The van der Waals surface area contributed by atoms with Gasteiger partial charge in [-0.05, 0) is 42.5 Å². The lowest BCUT2D eigenvalue weighted by Gasteiger charge is -2.27. The van der Waals surface area contributed by atoms with Gasteiger partial charge in [-0.25, -0.2) is 4.79 Å². The van der Waals surface area contributed by atoms with Crippen LogP contribution in [0.4, 0.5) is 4.79 Å². The van der Waals surface area contributed by atoms with Gasteiger partial charge in [-0.15, -0.1) is 0 Å². The Bertz CT molecular complexity index is 741. The lowest BCUT2D eigenvalue weighted by Crippen LogP contribution is -2.39. The van der Waals surface area contributed by atoms with Crippen LogP contribution in [0.1, 0.15) is 35.4 Å². The Kier molecular flexibility index (Phi) is 5.26. The molecule has 1 aromatic carbocycles. The average Bonchev–Trinajstić information content (AvgIpc) is 3.03. The summed E-state index contributed by atoms with van der Waals surface area (Å²) < 4.78 is 7.06. The van der Waals surface area contributed by atoms with Gasteiger partial charge in [0.2, 0.25) is 0 Å². The molecule has 1 heterocycles. The van der Waals surface area contributed by atoms with Gasteiger partial charge in [0.05, 0.1) is 19.9 Å². The van der Waals surface area contributed by atoms with Crippen LogP contribution in [0.5, 0.6) is 5.75 Å². The minimum absolute atomic E-state index is 0.0514. The smallest absolute Gasteiger partial charge is 0.317 e. The lowest BCUT2D eigenvalue weighted by atomic mass is 9.82. The minimum atomic E-state index is -0.0514. The molecule has 0 bridgehead atoms. The van der Waals surface area contributed by atoms with E-state index < -0.39 is 0 Å². The number of methoxy groups -OCH3 is 1. The van der Waals surface area contributed by atoms with E-state index in [2.05, 4.69) is 22.5 Å². The third-order valence-electron chi connectivity index (χ3n) is 4.81. The fourth-order valence-corrected chi connectivity index (χ4v) is 3.47. The largest absolute Gasteiger partial charge is 0.497 e. The van der Waals surface area contributed by atoms with Gasteiger partial charge in [0.25, 0.3) is 0 Å². The van der Waals surface area contributed by atoms with Crippen molar-refractivity contribution in [1.29, 1.82) is 0 Å². The van der Waals surface area contributed by atoms with Gasteiger partial charge in [-0.1, -0.05) is 6.07 Å². The number of nitrogens with one attached hydrogen (secondary N) is 1. The number of carbonyl (C=O) groups excluding carboxylic acids is 1. The predicted octanol–water partition coefficient (Wildman–Crippen LogP) is 2.69. The first-order valence-electron chi connectivity index (χ1n) is 8.70. The summed E-state index contributed by atoms with van der Waals surface area (Å²) in [4.78, 5) is 14.1. The minimum Gasteiger partial charge on any atom is -0.497 e. The molecule has 1 atom stereocenters. The van der Waals surface area contributed by atoms with Crippen LogP contribution >= 0.6 is 0 Å². The summed E-state index contributed by atoms with van der Waals surface area (Å²) in [5.74, 6) is 1.27. The molecule has 1 N–H and O–H groups in total. The number of carbonyl (C=O) groups is 1. The molecule has 1 aliphatic rings. The highest BCUT2D eigenvalue weighted by Gasteiger charge is 2.22. The number of hydrogen-bond donors (Lipinski definition) is 1. The zero-order chi connectivity index (χ0) is 17.8. The second-order valence-electron chi connectivity index (χ2n) is 6.72. The van der Waals surface area contributed by atoms with E-state index in [1.54, 1.807) is 22.9 Å². The maximum Gasteiger partial charge on any atom is 0.317 e. The molecule has 1 aliphatic carbocycles. The molecule has 0 saturated heterocycles. The third-order valence-corrected chi connectivity index (χ3v) is 4.81. The lowest BCUT2D eigenvalue weighted by molar-refractivity contribution is 0.206. The van der Waals surface area contributed by atoms with E-state index in [1.165, 1.54) is 11.1 Å². The van der Waals surface area contributed by atoms with E-state index in [1.807, 2.05) is 26.4 Å². The van der Waals surface area contributed by atoms with Crippen molar-refractivity contribution in [3.8, 4) is 5.75 Å². The summed E-state index contributed by atoms with van der Waals surface area (Å²) in [5, 5.41) is 7.21. The number of nitrogens with zero attached hydrogens (tertiary/aromatic N) is 3. The highest BCUT2D eigenvalue weighted by atomic mass is 16.5. The number of benzene rings is 1. The summed E-state index contributed by atoms with van der Waals surface area (Å²) in [5.41, 5.74) is 3.70. The highest BCUT2D eigenvalue weighted by molar-refractivity contribution is 5.73. The topological polar surface area (TPSA) is 59.4 Å². The first-order chi connectivity index (χ1) is 12.1. The second-order valence-corrected chi connectivity index (χ2v) is 6.72. The number of urea groups is 1. The fourth-order valence-electron chi connectivity index (χ4n) is 3.47. The predicted molar refractivity (Wildman–Crippen MR) is 96.7 cm³/mol. The SMILES string of the molecule is COc1ccc2c(c1)CCCC2CNC(=O)N(C)Cc1cnn(C)c1. The Morgan fingerprint density at radius 2 is 2.32 bits per heavy atom. The van der Waals surface area contributed by atoms with Crippen molar-refractivity contribution < 1.29 is 9.53 Å². The molecule has 1 unspecified atom stereocenters. The van der Waals surface area contributed by atoms with Crippen LogP contribution in [0.25, 0.3) is 0 Å². The van der Waals surface area contributed by atoms with Gasteiger partial charge in [-0.3, -0.25) is 4.68 Å². The average molecular weight is 342 g/mol. The van der Waals surface area contributed by atoms with Gasteiger partial charge in [0.1, 0.15) is 5.75 Å². The van der Waals surface area contributed by atoms with Crippen molar-refractivity contribution in [2.75, 3.05) is 20.7 Å². The summed E-state index contributed by atoms with van der Waals surface area (Å²) >= 11 is 0. The molecule has 0 spiro atoms. The molecule has 2 aromatic rings. The monoisotopic (exact) mass is 342 g/mol. The van der Waals surface area contributed by atoms with E-state index in [-0.39, 0.29) is 6.03 Å². The zero-order valence-electron chi connectivity index (χ0n) is 15.2. The van der Waals surface area contributed by atoms with Crippen LogP contribution in [-0.4, -0.2) is 41.4 Å². The van der Waals surface area contributed by atoms with Gasteiger partial charge in [0.15, 0.2) is 0 Å². The summed E-state index contributed by atoms with van der Waals surface area (Å²) in [6.45, 7) is 1.22. The molecular formula is C19H26N4O2. The second kappa shape index (κ2) is 7.59. The molecular weight excluding hydrogens is 316 g/mol. The molecule has 25 heavy (non-hydrogen) atoms. The van der Waals surface area contributed by atoms with Crippen LogP contribution < -0.4 is 10.1 Å². The number of fused-ring (bicyclic) bond motifs is 1. The van der Waals surface area contributed by atoms with Crippen molar-refractivity contribution >= 4 is 6.03 Å². The molecule has 134 valence electrons. The van der Waals surface area contributed by atoms with Crippen LogP contribution in [-0.2, 0) is 20.0 Å². The molecule has 0 fully saturated rings. The Balaban J connectivity index is 1.57. The van der Waals surface area contributed by atoms with Crippen LogP contribution in [0.15, 0.2) is 30.6 Å². The number of aromatic nitrogens is 2. The highest BCUT2D eigenvalue weighted by Crippen LogP contribution is 2.33. The summed E-state index contributed by atoms with van der Waals surface area (Å²) in [6.07, 6.45) is 7.04. The van der Waals surface area contributed by atoms with E-state index in [0.29, 0.717) is 19.0 Å². The van der Waals surface area contributed by atoms with Crippen molar-refractivity contribution in [2.45, 2.75) is 31.7 Å². The van der Waals surface area contributed by atoms with Gasteiger partial charge < -0.3 is 15.0 Å². The Morgan fingerprint density at radius 1 is 1.48 bits per heavy atom. The molecule has 6 nitrogen and oxygen atoms in total. The first-order valence-corrected chi connectivity index (χ1v) is 8.70. The number of amides is 2. The molecule has 2 amide bonds. The third kappa shape index (κ3) is 4.13. The number of ether oxygens (including phenoxy) is 1. The first kappa shape index (κ1) is 17.3.